The van der Waals surface area contributed by atoms with Crippen LogP contribution >= 0.6 is 11.8 Å². The van der Waals surface area contributed by atoms with Gasteiger partial charge >= 0.3 is 0 Å². The first-order chi connectivity index (χ1) is 13.4. The van der Waals surface area contributed by atoms with Gasteiger partial charge < -0.3 is 15.4 Å². The zero-order valence-electron chi connectivity index (χ0n) is 15.0. The molecule has 2 amide bonds. The van der Waals surface area contributed by atoms with Crippen molar-refractivity contribution in [1.29, 1.82) is 0 Å². The molecule has 2 rings (SSSR count). The first-order valence-corrected chi connectivity index (χ1v) is 9.71. The van der Waals surface area contributed by atoms with Crippen LogP contribution in [-0.4, -0.2) is 36.5 Å². The standard InChI is InChI=1S/C19H19F3N2O3S/c1-28-8-7-16(23-18(25)11-27-12-5-3-2-4-6-12)19(26)24-17-10-14(21)13(20)9-15(17)22/h2-6,9-10,16H,7-8,11H2,1H3,(H,23,25)(H,24,26). The molecule has 0 fully saturated rings. The minimum atomic E-state index is -1.36. The van der Waals surface area contributed by atoms with Gasteiger partial charge in [0.05, 0.1) is 5.69 Å². The van der Waals surface area contributed by atoms with Crippen LogP contribution in [0.5, 0.6) is 5.75 Å². The lowest BCUT2D eigenvalue weighted by molar-refractivity contribution is -0.127. The minimum Gasteiger partial charge on any atom is -0.484 e. The number of nitrogens with one attached hydrogen (secondary N) is 2. The topological polar surface area (TPSA) is 67.4 Å². The van der Waals surface area contributed by atoms with Gasteiger partial charge in [0.25, 0.3) is 5.91 Å². The fourth-order valence-corrected chi connectivity index (χ4v) is 2.72. The predicted octanol–water partition coefficient (Wildman–Crippen LogP) is 3.36. The van der Waals surface area contributed by atoms with Gasteiger partial charge in [-0.3, -0.25) is 9.59 Å². The van der Waals surface area contributed by atoms with Gasteiger partial charge in [-0.05, 0) is 30.6 Å². The molecule has 0 aliphatic heterocycles. The second kappa shape index (κ2) is 10.6. The third-order valence-corrected chi connectivity index (χ3v) is 4.29. The molecule has 0 bridgehead atoms. The van der Waals surface area contributed by atoms with Crippen molar-refractivity contribution < 1.29 is 27.5 Å². The van der Waals surface area contributed by atoms with Crippen LogP contribution in [0, 0.1) is 17.5 Å². The van der Waals surface area contributed by atoms with Crippen molar-refractivity contribution in [1.82, 2.24) is 5.32 Å². The molecule has 1 unspecified atom stereocenters. The molecule has 2 N–H and O–H groups in total. The van der Waals surface area contributed by atoms with E-state index in [9.17, 15) is 22.8 Å². The van der Waals surface area contributed by atoms with Crippen molar-refractivity contribution >= 4 is 29.3 Å². The van der Waals surface area contributed by atoms with Gasteiger partial charge in [0, 0.05) is 12.1 Å². The molecular formula is C19H19F3N2O3S. The van der Waals surface area contributed by atoms with E-state index in [2.05, 4.69) is 10.6 Å². The molecule has 1 atom stereocenters. The van der Waals surface area contributed by atoms with E-state index >= 15 is 0 Å². The van der Waals surface area contributed by atoms with Crippen LogP contribution < -0.4 is 15.4 Å². The maximum atomic E-state index is 13.7. The Bertz CT molecular complexity index is 822. The van der Waals surface area contributed by atoms with Gasteiger partial charge in [0.2, 0.25) is 5.91 Å². The molecule has 28 heavy (non-hydrogen) atoms. The SMILES string of the molecule is CSCCC(NC(=O)COc1ccccc1)C(=O)Nc1cc(F)c(F)cc1F. The number of amides is 2. The molecule has 0 spiro atoms. The molecule has 0 aromatic heterocycles. The van der Waals surface area contributed by atoms with Crippen LogP contribution in [0.2, 0.25) is 0 Å². The Morgan fingerprint density at radius 1 is 1.07 bits per heavy atom. The molecule has 0 heterocycles. The van der Waals surface area contributed by atoms with Crippen molar-refractivity contribution in [2.75, 3.05) is 23.9 Å². The van der Waals surface area contributed by atoms with E-state index in [0.29, 0.717) is 23.6 Å². The van der Waals surface area contributed by atoms with Crippen LogP contribution in [0.3, 0.4) is 0 Å². The molecule has 0 saturated heterocycles. The zero-order valence-corrected chi connectivity index (χ0v) is 15.8. The number of rotatable bonds is 9. The Morgan fingerprint density at radius 3 is 2.43 bits per heavy atom. The first-order valence-electron chi connectivity index (χ1n) is 8.32. The van der Waals surface area contributed by atoms with Gasteiger partial charge in [-0.25, -0.2) is 13.2 Å². The molecule has 0 saturated carbocycles. The number of ether oxygens (including phenoxy) is 1. The quantitative estimate of drug-likeness (QED) is 0.620. The summed E-state index contributed by atoms with van der Waals surface area (Å²) in [6.07, 6.45) is 2.08. The van der Waals surface area contributed by atoms with Crippen molar-refractivity contribution in [2.45, 2.75) is 12.5 Å². The van der Waals surface area contributed by atoms with Crippen LogP contribution in [0.1, 0.15) is 6.42 Å². The predicted molar refractivity (Wildman–Crippen MR) is 102 cm³/mol. The lowest BCUT2D eigenvalue weighted by Gasteiger charge is -2.18. The zero-order chi connectivity index (χ0) is 20.5. The second-order valence-corrected chi connectivity index (χ2v) is 6.72. The monoisotopic (exact) mass is 412 g/mol. The fourth-order valence-electron chi connectivity index (χ4n) is 2.24. The van der Waals surface area contributed by atoms with Crippen LogP contribution in [0.25, 0.3) is 0 Å². The van der Waals surface area contributed by atoms with E-state index in [1.165, 1.54) is 11.8 Å². The first kappa shape index (κ1) is 21.6. The number of para-hydroxylation sites is 1. The Balaban J connectivity index is 2.00. The molecule has 150 valence electrons. The highest BCUT2D eigenvalue weighted by atomic mass is 32.2. The van der Waals surface area contributed by atoms with E-state index in [1.54, 1.807) is 30.3 Å². The molecule has 0 radical (unpaired) electrons. The summed E-state index contributed by atoms with van der Waals surface area (Å²) in [5, 5.41) is 4.69. The average molecular weight is 412 g/mol. The number of hydrogen-bond donors (Lipinski definition) is 2. The summed E-state index contributed by atoms with van der Waals surface area (Å²) in [4.78, 5) is 24.5. The molecule has 5 nitrogen and oxygen atoms in total. The second-order valence-electron chi connectivity index (χ2n) is 5.74. The highest BCUT2D eigenvalue weighted by molar-refractivity contribution is 7.98. The van der Waals surface area contributed by atoms with E-state index in [4.69, 9.17) is 4.74 Å². The Hall–Kier alpha value is -2.68. The number of carbonyl (C=O) groups excluding carboxylic acids is 2. The number of hydrogen-bond acceptors (Lipinski definition) is 4. The third kappa shape index (κ3) is 6.49. The maximum absolute atomic E-state index is 13.7. The Labute approximate surface area is 164 Å². The summed E-state index contributed by atoms with van der Waals surface area (Å²) in [7, 11) is 0. The van der Waals surface area contributed by atoms with Gasteiger partial charge in [0.1, 0.15) is 17.6 Å². The largest absolute Gasteiger partial charge is 0.484 e. The summed E-state index contributed by atoms with van der Waals surface area (Å²) in [6, 6.07) is 8.55. The highest BCUT2D eigenvalue weighted by Gasteiger charge is 2.22. The number of halogens is 3. The molecule has 2 aromatic rings. The number of anilines is 1. The van der Waals surface area contributed by atoms with Gasteiger partial charge in [-0.1, -0.05) is 18.2 Å². The Kier molecular flexibility index (Phi) is 8.19. The van der Waals surface area contributed by atoms with Crippen molar-refractivity contribution in [3.63, 3.8) is 0 Å². The third-order valence-electron chi connectivity index (χ3n) is 3.64. The number of benzene rings is 2. The van der Waals surface area contributed by atoms with E-state index in [1.807, 2.05) is 6.26 Å². The van der Waals surface area contributed by atoms with Crippen LogP contribution in [0.4, 0.5) is 18.9 Å². The molecule has 9 heteroatoms. The average Bonchev–Trinajstić information content (AvgIpc) is 2.68. The lowest BCUT2D eigenvalue weighted by Crippen LogP contribution is -2.46. The highest BCUT2D eigenvalue weighted by Crippen LogP contribution is 2.19. The fraction of sp³-hybridized carbons (Fsp3) is 0.263. The van der Waals surface area contributed by atoms with Crippen LogP contribution in [0.15, 0.2) is 42.5 Å². The molecule has 0 aliphatic carbocycles. The van der Waals surface area contributed by atoms with E-state index in [-0.39, 0.29) is 13.0 Å². The van der Waals surface area contributed by atoms with E-state index < -0.39 is 41.0 Å². The van der Waals surface area contributed by atoms with Crippen molar-refractivity contribution in [3.05, 3.63) is 59.9 Å². The summed E-state index contributed by atoms with van der Waals surface area (Å²) >= 11 is 1.45. The van der Waals surface area contributed by atoms with Crippen LogP contribution in [-0.2, 0) is 9.59 Å². The Morgan fingerprint density at radius 2 is 1.75 bits per heavy atom. The van der Waals surface area contributed by atoms with Crippen molar-refractivity contribution in [2.24, 2.45) is 0 Å². The lowest BCUT2D eigenvalue weighted by atomic mass is 10.2. The maximum Gasteiger partial charge on any atom is 0.258 e. The molecular weight excluding hydrogens is 393 g/mol. The summed E-state index contributed by atoms with van der Waals surface area (Å²) in [5.41, 5.74) is -0.507. The van der Waals surface area contributed by atoms with E-state index in [0.717, 1.165) is 0 Å². The molecule has 0 aliphatic rings. The number of thioether (sulfide) groups is 1. The van der Waals surface area contributed by atoms with Crippen molar-refractivity contribution in [3.8, 4) is 5.75 Å². The normalized spacial score (nSPS) is 11.6. The summed E-state index contributed by atoms with van der Waals surface area (Å²) < 4.78 is 45.4. The summed E-state index contributed by atoms with van der Waals surface area (Å²) in [6.45, 7) is -0.313. The smallest absolute Gasteiger partial charge is 0.258 e. The minimum absolute atomic E-state index is 0.259. The summed E-state index contributed by atoms with van der Waals surface area (Å²) in [5.74, 6) is -4.03. The number of carbonyl (C=O) groups is 2. The van der Waals surface area contributed by atoms with Gasteiger partial charge in [-0.2, -0.15) is 11.8 Å². The van der Waals surface area contributed by atoms with Gasteiger partial charge in [0.15, 0.2) is 18.2 Å². The molecule has 2 aromatic carbocycles. The van der Waals surface area contributed by atoms with Gasteiger partial charge in [-0.15, -0.1) is 0 Å².